The monoisotopic (exact) mass is 256 g/mol. The zero-order valence-corrected chi connectivity index (χ0v) is 9.80. The summed E-state index contributed by atoms with van der Waals surface area (Å²) in [5.41, 5.74) is 0. The average Bonchev–Trinajstić information content (AvgIpc) is 2.20. The Hall–Kier alpha value is -1.47. The molecule has 17 heavy (non-hydrogen) atoms. The van der Waals surface area contributed by atoms with Gasteiger partial charge in [-0.3, -0.25) is 4.79 Å². The Balaban J connectivity index is 4.40. The van der Waals surface area contributed by atoms with E-state index in [0.717, 1.165) is 12.0 Å². The van der Waals surface area contributed by atoms with E-state index < -0.39 is 37.3 Å². The molecule has 0 aromatic rings. The molecule has 0 atom stereocenters. The van der Waals surface area contributed by atoms with E-state index in [-0.39, 0.29) is 0 Å². The minimum absolute atomic E-state index is 0.391. The number of methoxy groups -OCH3 is 1. The van der Waals surface area contributed by atoms with Gasteiger partial charge in [0.05, 0.1) is 7.11 Å². The molecule has 0 heterocycles. The Kier molecular flexibility index (Phi) is 5.77. The standard InChI is InChI=1S/C9H15F3N2O3/c1-6(2)14(4-7(15)17-3)8(16)13-5-9(10,11)12/h6H,4-5H2,1-3H3,(H,13,16). The second-order valence-electron chi connectivity index (χ2n) is 3.57. The van der Waals surface area contributed by atoms with Gasteiger partial charge in [-0.05, 0) is 13.8 Å². The molecule has 0 aliphatic heterocycles. The van der Waals surface area contributed by atoms with Crippen LogP contribution >= 0.6 is 0 Å². The quantitative estimate of drug-likeness (QED) is 0.767. The topological polar surface area (TPSA) is 58.6 Å². The van der Waals surface area contributed by atoms with Crippen molar-refractivity contribution in [1.29, 1.82) is 0 Å². The van der Waals surface area contributed by atoms with Crippen LogP contribution in [0.1, 0.15) is 13.8 Å². The van der Waals surface area contributed by atoms with Gasteiger partial charge in [-0.1, -0.05) is 0 Å². The van der Waals surface area contributed by atoms with E-state index in [1.165, 1.54) is 0 Å². The summed E-state index contributed by atoms with van der Waals surface area (Å²) < 4.78 is 40.0. The van der Waals surface area contributed by atoms with Gasteiger partial charge in [0.2, 0.25) is 0 Å². The molecule has 0 aliphatic carbocycles. The van der Waals surface area contributed by atoms with Gasteiger partial charge in [-0.2, -0.15) is 13.2 Å². The highest BCUT2D eigenvalue weighted by molar-refractivity contribution is 5.81. The largest absolute Gasteiger partial charge is 0.468 e. The molecule has 0 aromatic carbocycles. The molecule has 1 N–H and O–H groups in total. The van der Waals surface area contributed by atoms with Gasteiger partial charge in [0.15, 0.2) is 0 Å². The SMILES string of the molecule is COC(=O)CN(C(=O)NCC(F)(F)F)C(C)C. The van der Waals surface area contributed by atoms with E-state index in [1.54, 1.807) is 19.2 Å². The summed E-state index contributed by atoms with van der Waals surface area (Å²) in [6.45, 7) is 1.33. The minimum Gasteiger partial charge on any atom is -0.468 e. The van der Waals surface area contributed by atoms with Crippen LogP contribution in [0.4, 0.5) is 18.0 Å². The third-order valence-electron chi connectivity index (χ3n) is 1.85. The average molecular weight is 256 g/mol. The molecular formula is C9H15F3N2O3. The van der Waals surface area contributed by atoms with Crippen molar-refractivity contribution in [3.05, 3.63) is 0 Å². The predicted octanol–water partition coefficient (Wildman–Crippen LogP) is 1.14. The Morgan fingerprint density at radius 2 is 1.88 bits per heavy atom. The summed E-state index contributed by atoms with van der Waals surface area (Å²) in [6, 6.07) is -1.37. The van der Waals surface area contributed by atoms with E-state index in [2.05, 4.69) is 4.74 Å². The highest BCUT2D eigenvalue weighted by Gasteiger charge is 2.29. The summed E-state index contributed by atoms with van der Waals surface area (Å²) in [7, 11) is 1.13. The van der Waals surface area contributed by atoms with Gasteiger partial charge >= 0.3 is 18.2 Å². The Bertz CT molecular complexity index is 279. The first-order valence-corrected chi connectivity index (χ1v) is 4.85. The van der Waals surface area contributed by atoms with Crippen molar-refractivity contribution in [3.8, 4) is 0 Å². The summed E-state index contributed by atoms with van der Waals surface area (Å²) in [5.74, 6) is -0.694. The van der Waals surface area contributed by atoms with Crippen LogP contribution in [0.15, 0.2) is 0 Å². The molecule has 0 saturated carbocycles. The number of halogens is 3. The Morgan fingerprint density at radius 1 is 1.35 bits per heavy atom. The third-order valence-corrected chi connectivity index (χ3v) is 1.85. The van der Waals surface area contributed by atoms with Crippen LogP contribution in [-0.2, 0) is 9.53 Å². The fourth-order valence-corrected chi connectivity index (χ4v) is 0.970. The number of nitrogens with one attached hydrogen (secondary N) is 1. The molecule has 0 radical (unpaired) electrons. The van der Waals surface area contributed by atoms with Crippen LogP contribution in [0, 0.1) is 0 Å². The highest BCUT2D eigenvalue weighted by atomic mass is 19.4. The molecule has 0 saturated heterocycles. The number of ether oxygens (including phenoxy) is 1. The van der Waals surface area contributed by atoms with Crippen LogP contribution in [0.2, 0.25) is 0 Å². The lowest BCUT2D eigenvalue weighted by Crippen LogP contribution is -2.48. The molecule has 0 spiro atoms. The van der Waals surface area contributed by atoms with E-state index >= 15 is 0 Å². The Labute approximate surface area is 96.9 Å². The van der Waals surface area contributed by atoms with Crippen molar-refractivity contribution < 1.29 is 27.5 Å². The van der Waals surface area contributed by atoms with Gasteiger partial charge in [0.25, 0.3) is 0 Å². The predicted molar refractivity (Wildman–Crippen MR) is 53.3 cm³/mol. The molecule has 0 rings (SSSR count). The first-order chi connectivity index (χ1) is 7.67. The number of carbonyl (C=O) groups is 2. The lowest BCUT2D eigenvalue weighted by Gasteiger charge is -2.25. The van der Waals surface area contributed by atoms with Crippen molar-refractivity contribution >= 4 is 12.0 Å². The molecule has 5 nitrogen and oxygen atoms in total. The van der Waals surface area contributed by atoms with Gasteiger partial charge in [0, 0.05) is 6.04 Å². The maximum Gasteiger partial charge on any atom is 0.405 e. The smallest absolute Gasteiger partial charge is 0.405 e. The first-order valence-electron chi connectivity index (χ1n) is 4.85. The van der Waals surface area contributed by atoms with Crippen LogP contribution in [0.3, 0.4) is 0 Å². The molecule has 0 fully saturated rings. The van der Waals surface area contributed by atoms with E-state index in [0.29, 0.717) is 0 Å². The van der Waals surface area contributed by atoms with Crippen molar-refractivity contribution in [2.45, 2.75) is 26.1 Å². The van der Waals surface area contributed by atoms with Crippen molar-refractivity contribution in [2.75, 3.05) is 20.2 Å². The maximum atomic E-state index is 11.9. The molecule has 0 bridgehead atoms. The number of amides is 2. The summed E-state index contributed by atoms with van der Waals surface area (Å²) in [5, 5.41) is 1.69. The number of urea groups is 1. The number of nitrogens with zero attached hydrogens (tertiary/aromatic N) is 1. The zero-order chi connectivity index (χ0) is 13.6. The molecule has 8 heteroatoms. The lowest BCUT2D eigenvalue weighted by molar-refractivity contribution is -0.141. The van der Waals surface area contributed by atoms with Crippen LogP contribution in [-0.4, -0.2) is 49.3 Å². The zero-order valence-electron chi connectivity index (χ0n) is 9.80. The van der Waals surface area contributed by atoms with Crippen LogP contribution in [0.25, 0.3) is 0 Å². The van der Waals surface area contributed by atoms with Crippen molar-refractivity contribution in [3.63, 3.8) is 0 Å². The van der Waals surface area contributed by atoms with Crippen LogP contribution in [0.5, 0.6) is 0 Å². The van der Waals surface area contributed by atoms with Crippen LogP contribution < -0.4 is 5.32 Å². The fourth-order valence-electron chi connectivity index (χ4n) is 0.970. The van der Waals surface area contributed by atoms with Gasteiger partial charge in [0.1, 0.15) is 13.1 Å². The van der Waals surface area contributed by atoms with E-state index in [9.17, 15) is 22.8 Å². The number of esters is 1. The van der Waals surface area contributed by atoms with Crippen molar-refractivity contribution in [2.24, 2.45) is 0 Å². The molecular weight excluding hydrogens is 241 g/mol. The molecule has 0 unspecified atom stereocenters. The number of rotatable bonds is 4. The lowest BCUT2D eigenvalue weighted by atomic mass is 10.3. The van der Waals surface area contributed by atoms with E-state index in [1.807, 2.05) is 0 Å². The van der Waals surface area contributed by atoms with Crippen molar-refractivity contribution in [1.82, 2.24) is 10.2 Å². The Morgan fingerprint density at radius 3 is 2.24 bits per heavy atom. The second-order valence-corrected chi connectivity index (χ2v) is 3.57. The molecule has 2 amide bonds. The van der Waals surface area contributed by atoms with Gasteiger partial charge in [-0.15, -0.1) is 0 Å². The number of carbonyl (C=O) groups excluding carboxylic acids is 2. The second kappa shape index (κ2) is 6.31. The fraction of sp³-hybridized carbons (Fsp3) is 0.778. The third kappa shape index (κ3) is 6.64. The van der Waals surface area contributed by atoms with Gasteiger partial charge in [-0.25, -0.2) is 4.79 Å². The maximum absolute atomic E-state index is 11.9. The summed E-state index contributed by atoms with van der Waals surface area (Å²) >= 11 is 0. The molecule has 100 valence electrons. The summed E-state index contributed by atoms with van der Waals surface area (Å²) in [6.07, 6.45) is -4.48. The molecule has 0 aliphatic rings. The molecule has 0 aromatic heterocycles. The van der Waals surface area contributed by atoms with E-state index in [4.69, 9.17) is 0 Å². The number of alkyl halides is 3. The van der Waals surface area contributed by atoms with Gasteiger partial charge < -0.3 is 15.0 Å². The minimum atomic E-state index is -4.48. The number of hydrogen-bond acceptors (Lipinski definition) is 3. The first kappa shape index (κ1) is 15.5. The summed E-state index contributed by atoms with van der Waals surface area (Å²) in [4.78, 5) is 23.3. The normalized spacial score (nSPS) is 11.2. The highest BCUT2D eigenvalue weighted by Crippen LogP contribution is 2.12. The number of hydrogen-bond donors (Lipinski definition) is 1.